The number of nitro benzene ring substituents is 1. The maximum absolute atomic E-state index is 13.3. The third kappa shape index (κ3) is 4.11. The third-order valence-electron chi connectivity index (χ3n) is 6.10. The lowest BCUT2D eigenvalue weighted by Gasteiger charge is -2.25. The van der Waals surface area contributed by atoms with Gasteiger partial charge in [0, 0.05) is 42.3 Å². The average Bonchev–Trinajstić information content (AvgIpc) is 3.31. The van der Waals surface area contributed by atoms with Gasteiger partial charge in [-0.2, -0.15) is 0 Å². The predicted molar refractivity (Wildman–Crippen MR) is 127 cm³/mol. The SMILES string of the molecule is COC(=O)c1[nH]c(C)c(/C(O)=C2\C(=O)C(=O)N(Cc3cccnc3)[C@H]2c2ccc([N+](=O)[O-])cc2)c1C. The van der Waals surface area contributed by atoms with Gasteiger partial charge in [-0.15, -0.1) is 0 Å². The fourth-order valence-electron chi connectivity index (χ4n) is 4.40. The van der Waals surface area contributed by atoms with Gasteiger partial charge in [0.1, 0.15) is 11.5 Å². The van der Waals surface area contributed by atoms with Crippen LogP contribution >= 0.6 is 0 Å². The van der Waals surface area contributed by atoms with E-state index in [4.69, 9.17) is 4.74 Å². The predicted octanol–water partition coefficient (Wildman–Crippen LogP) is 3.34. The minimum absolute atomic E-state index is 0.00929. The normalized spacial score (nSPS) is 16.9. The topological polar surface area (TPSA) is 156 Å². The largest absolute Gasteiger partial charge is 0.507 e. The Morgan fingerprint density at radius 2 is 1.92 bits per heavy atom. The summed E-state index contributed by atoms with van der Waals surface area (Å²) in [5, 5.41) is 22.5. The second kappa shape index (κ2) is 9.45. The number of methoxy groups -OCH3 is 1. The molecule has 1 aromatic carbocycles. The van der Waals surface area contributed by atoms with E-state index in [0.29, 0.717) is 22.4 Å². The Balaban J connectivity index is 1.91. The van der Waals surface area contributed by atoms with Crippen molar-refractivity contribution in [2.45, 2.75) is 26.4 Å². The summed E-state index contributed by atoms with van der Waals surface area (Å²) in [6.07, 6.45) is 3.12. The highest BCUT2D eigenvalue weighted by molar-refractivity contribution is 6.46. The molecule has 4 rings (SSSR count). The summed E-state index contributed by atoms with van der Waals surface area (Å²) < 4.78 is 4.78. The number of aliphatic hydroxyl groups excluding tert-OH is 1. The molecule has 184 valence electrons. The first-order chi connectivity index (χ1) is 17.1. The van der Waals surface area contributed by atoms with Gasteiger partial charge in [0.15, 0.2) is 0 Å². The number of aromatic nitrogens is 2. The first-order valence-electron chi connectivity index (χ1n) is 10.8. The number of nitrogens with zero attached hydrogens (tertiary/aromatic N) is 3. The van der Waals surface area contributed by atoms with Gasteiger partial charge in [-0.25, -0.2) is 4.79 Å². The number of non-ortho nitro benzene ring substituents is 1. The molecule has 0 bridgehead atoms. The number of aryl methyl sites for hydroxylation is 1. The molecule has 1 saturated heterocycles. The van der Waals surface area contributed by atoms with E-state index >= 15 is 0 Å². The highest BCUT2D eigenvalue weighted by Crippen LogP contribution is 2.42. The molecule has 1 aliphatic rings. The zero-order chi connectivity index (χ0) is 26.1. The molecule has 1 amide bonds. The van der Waals surface area contributed by atoms with Gasteiger partial charge < -0.3 is 19.7 Å². The Morgan fingerprint density at radius 1 is 1.22 bits per heavy atom. The van der Waals surface area contributed by atoms with Crippen LogP contribution in [-0.2, 0) is 20.9 Å². The molecule has 11 nitrogen and oxygen atoms in total. The van der Waals surface area contributed by atoms with E-state index in [1.54, 1.807) is 38.4 Å². The van der Waals surface area contributed by atoms with Gasteiger partial charge in [0.2, 0.25) is 0 Å². The Hall–Kier alpha value is -4.80. The van der Waals surface area contributed by atoms with Crippen LogP contribution in [0.1, 0.15) is 44.5 Å². The highest BCUT2D eigenvalue weighted by atomic mass is 16.6. The van der Waals surface area contributed by atoms with Gasteiger partial charge in [-0.1, -0.05) is 6.07 Å². The number of amides is 1. The molecule has 0 unspecified atom stereocenters. The molecule has 36 heavy (non-hydrogen) atoms. The van der Waals surface area contributed by atoms with Gasteiger partial charge >= 0.3 is 5.97 Å². The van der Waals surface area contributed by atoms with Gasteiger partial charge in [0.05, 0.1) is 23.6 Å². The monoisotopic (exact) mass is 490 g/mol. The molecule has 1 aliphatic heterocycles. The fourth-order valence-corrected chi connectivity index (χ4v) is 4.40. The summed E-state index contributed by atoms with van der Waals surface area (Å²) in [5.74, 6) is -2.88. The number of aliphatic hydroxyl groups is 1. The number of nitrogens with one attached hydrogen (secondary N) is 1. The van der Waals surface area contributed by atoms with Crippen LogP contribution in [0.15, 0.2) is 54.4 Å². The number of Topliss-reactive ketones (excluding diaryl/α,β-unsaturated/α-hetero) is 1. The van der Waals surface area contributed by atoms with Crippen molar-refractivity contribution >= 4 is 29.1 Å². The molecular formula is C25H22N4O7. The van der Waals surface area contributed by atoms with Crippen LogP contribution in [0.4, 0.5) is 5.69 Å². The van der Waals surface area contributed by atoms with E-state index in [9.17, 15) is 29.6 Å². The van der Waals surface area contributed by atoms with Crippen LogP contribution in [0, 0.1) is 24.0 Å². The van der Waals surface area contributed by atoms with Crippen molar-refractivity contribution in [2.24, 2.45) is 0 Å². The highest BCUT2D eigenvalue weighted by Gasteiger charge is 2.46. The number of carbonyl (C=O) groups is 3. The first kappa shape index (κ1) is 24.3. The van der Waals surface area contributed by atoms with Gasteiger partial charge in [-0.3, -0.25) is 24.7 Å². The van der Waals surface area contributed by atoms with Crippen molar-refractivity contribution in [1.82, 2.24) is 14.9 Å². The standard InChI is InChI=1S/C25H22N4O7/c1-13-18(14(2)27-20(13)25(33)36-3)22(30)19-21(16-6-8-17(9-7-16)29(34)35)28(24(32)23(19)31)12-15-5-4-10-26-11-15/h4-11,21,27,30H,12H2,1-3H3/b22-19+/t21-/m0/s1. The number of benzene rings is 1. The lowest BCUT2D eigenvalue weighted by atomic mass is 9.94. The molecular weight excluding hydrogens is 468 g/mol. The van der Waals surface area contributed by atoms with Crippen LogP contribution in [0.5, 0.6) is 0 Å². The number of hydrogen-bond donors (Lipinski definition) is 2. The van der Waals surface area contributed by atoms with E-state index in [0.717, 1.165) is 0 Å². The molecule has 1 atom stereocenters. The van der Waals surface area contributed by atoms with Crippen LogP contribution in [0.25, 0.3) is 5.76 Å². The number of pyridine rings is 1. The number of H-pyrrole nitrogens is 1. The Bertz CT molecular complexity index is 1410. The van der Waals surface area contributed by atoms with Crippen molar-refractivity contribution in [3.63, 3.8) is 0 Å². The summed E-state index contributed by atoms with van der Waals surface area (Å²) in [7, 11) is 1.22. The van der Waals surface area contributed by atoms with Gasteiger partial charge in [0.25, 0.3) is 17.4 Å². The Labute approximate surface area is 205 Å². The Morgan fingerprint density at radius 3 is 2.50 bits per heavy atom. The smallest absolute Gasteiger partial charge is 0.354 e. The summed E-state index contributed by atoms with van der Waals surface area (Å²) in [4.78, 5) is 57.3. The van der Waals surface area contributed by atoms with Crippen molar-refractivity contribution in [3.8, 4) is 0 Å². The molecule has 0 spiro atoms. The molecule has 3 aromatic rings. The average molecular weight is 490 g/mol. The van der Waals surface area contributed by atoms with E-state index in [1.807, 2.05) is 0 Å². The molecule has 3 heterocycles. The number of esters is 1. The lowest BCUT2D eigenvalue weighted by Crippen LogP contribution is -2.29. The maximum atomic E-state index is 13.3. The number of ketones is 1. The third-order valence-corrected chi connectivity index (χ3v) is 6.10. The Kier molecular flexibility index (Phi) is 6.39. The van der Waals surface area contributed by atoms with Crippen molar-refractivity contribution in [3.05, 3.63) is 98.1 Å². The van der Waals surface area contributed by atoms with Crippen molar-refractivity contribution in [1.29, 1.82) is 0 Å². The summed E-state index contributed by atoms with van der Waals surface area (Å²) in [6.45, 7) is 3.20. The number of rotatable bonds is 6. The number of likely N-dealkylation sites (tertiary alicyclic amines) is 1. The van der Waals surface area contributed by atoms with E-state index < -0.39 is 34.4 Å². The van der Waals surface area contributed by atoms with E-state index in [-0.39, 0.29) is 29.1 Å². The number of carbonyl (C=O) groups excluding carboxylic acids is 3. The zero-order valence-corrected chi connectivity index (χ0v) is 19.6. The number of nitro groups is 1. The summed E-state index contributed by atoms with van der Waals surface area (Å²) >= 11 is 0. The molecule has 0 radical (unpaired) electrons. The minimum Gasteiger partial charge on any atom is -0.507 e. The van der Waals surface area contributed by atoms with Crippen molar-refractivity contribution < 1.29 is 29.2 Å². The first-order valence-corrected chi connectivity index (χ1v) is 10.8. The lowest BCUT2D eigenvalue weighted by molar-refractivity contribution is -0.384. The van der Waals surface area contributed by atoms with E-state index in [1.165, 1.54) is 36.3 Å². The maximum Gasteiger partial charge on any atom is 0.354 e. The summed E-state index contributed by atoms with van der Waals surface area (Å²) in [6, 6.07) is 7.80. The van der Waals surface area contributed by atoms with Gasteiger partial charge in [-0.05, 0) is 48.7 Å². The molecule has 2 N–H and O–H groups in total. The minimum atomic E-state index is -1.04. The van der Waals surface area contributed by atoms with Crippen LogP contribution in [0.2, 0.25) is 0 Å². The van der Waals surface area contributed by atoms with Crippen LogP contribution in [-0.4, -0.2) is 49.7 Å². The fraction of sp³-hybridized carbons (Fsp3) is 0.200. The van der Waals surface area contributed by atoms with Crippen LogP contribution in [0.3, 0.4) is 0 Å². The number of aromatic amines is 1. The zero-order valence-electron chi connectivity index (χ0n) is 19.6. The van der Waals surface area contributed by atoms with Crippen molar-refractivity contribution in [2.75, 3.05) is 7.11 Å². The molecule has 0 saturated carbocycles. The number of ether oxygens (including phenoxy) is 1. The quantitative estimate of drug-likeness (QED) is 0.133. The number of hydrogen-bond acceptors (Lipinski definition) is 8. The molecule has 1 fully saturated rings. The van der Waals surface area contributed by atoms with Crippen LogP contribution < -0.4 is 0 Å². The second-order valence-electron chi connectivity index (χ2n) is 8.25. The molecule has 2 aromatic heterocycles. The summed E-state index contributed by atoms with van der Waals surface area (Å²) in [5.41, 5.74) is 1.72. The van der Waals surface area contributed by atoms with E-state index in [2.05, 4.69) is 9.97 Å². The molecule has 11 heteroatoms. The second-order valence-corrected chi connectivity index (χ2v) is 8.25. The molecule has 0 aliphatic carbocycles.